The van der Waals surface area contributed by atoms with Crippen molar-refractivity contribution in [1.82, 2.24) is 0 Å². The van der Waals surface area contributed by atoms with E-state index in [1.165, 1.54) is 25.7 Å². The third-order valence-electron chi connectivity index (χ3n) is 2.03. The van der Waals surface area contributed by atoms with E-state index >= 15 is 0 Å². The fourth-order valence-corrected chi connectivity index (χ4v) is 1.11. The summed E-state index contributed by atoms with van der Waals surface area (Å²) in [5.74, 6) is -0.501. The lowest BCUT2D eigenvalue weighted by Gasteiger charge is -2.16. The number of unbranched alkanes of at least 4 members (excludes halogenated alkanes) is 2. The van der Waals surface area contributed by atoms with Gasteiger partial charge >= 0.3 is 5.97 Å². The van der Waals surface area contributed by atoms with Crippen LogP contribution in [-0.4, -0.2) is 36.4 Å². The minimum atomic E-state index is -0.501. The van der Waals surface area contributed by atoms with Gasteiger partial charge in [0, 0.05) is 6.08 Å². The van der Waals surface area contributed by atoms with Crippen LogP contribution in [0.1, 0.15) is 53.4 Å². The first-order chi connectivity index (χ1) is 10.7. The number of ether oxygens (including phenoxy) is 1. The minimum absolute atomic E-state index is 0.0465. The van der Waals surface area contributed by atoms with E-state index in [4.69, 9.17) is 25.5 Å². The number of carbonyl (C=O) groups is 1. The highest BCUT2D eigenvalue weighted by Gasteiger charge is 2.07. The Morgan fingerprint density at radius 3 is 1.91 bits per heavy atom. The number of aliphatic hydroxyl groups is 1. The van der Waals surface area contributed by atoms with Crippen LogP contribution in [0.4, 0.5) is 0 Å². The molecule has 0 aliphatic heterocycles. The molecule has 0 radical (unpaired) electrons. The van der Waals surface area contributed by atoms with Crippen molar-refractivity contribution < 1.29 is 24.2 Å². The van der Waals surface area contributed by atoms with E-state index in [9.17, 15) is 4.79 Å². The van der Waals surface area contributed by atoms with Crippen LogP contribution in [0.25, 0.3) is 0 Å². The van der Waals surface area contributed by atoms with Crippen molar-refractivity contribution in [1.29, 1.82) is 10.8 Å². The number of rotatable bonds is 6. The van der Waals surface area contributed by atoms with Gasteiger partial charge in [-0.2, -0.15) is 0 Å². The molecule has 0 saturated carbocycles. The first-order valence-electron chi connectivity index (χ1n) is 7.18. The van der Waals surface area contributed by atoms with E-state index in [1.807, 2.05) is 0 Å². The zero-order valence-corrected chi connectivity index (χ0v) is 14.6. The molecule has 0 bridgehead atoms. The number of esters is 1. The molecule has 7 nitrogen and oxygen atoms in total. The Balaban J connectivity index is -0.000000118. The molecular formula is C16H30N2O5. The first-order valence-corrected chi connectivity index (χ1v) is 7.18. The lowest BCUT2D eigenvalue weighted by Crippen LogP contribution is -2.04. The average Bonchev–Trinajstić information content (AvgIpc) is 2.46. The average molecular weight is 330 g/mol. The lowest BCUT2D eigenvalue weighted by atomic mass is 9.90. The molecule has 0 amide bonds. The van der Waals surface area contributed by atoms with Crippen LogP contribution in [0.2, 0.25) is 0 Å². The van der Waals surface area contributed by atoms with E-state index in [0.29, 0.717) is 5.41 Å². The molecule has 134 valence electrons. The van der Waals surface area contributed by atoms with Gasteiger partial charge in [-0.05, 0) is 11.8 Å². The fourth-order valence-electron chi connectivity index (χ4n) is 1.11. The summed E-state index contributed by atoms with van der Waals surface area (Å²) in [6.07, 6.45) is 8.07. The standard InChI is InChI=1S/C9H20.C5H8O3.2CHNO/c1-5-6-7-8-9(2,3)4;1-2-5(7)8-4-3-6;2*2-1-3/h5-8H2,1-4H3;2,6H,1,3-4H2;2*2H. The van der Waals surface area contributed by atoms with Crippen LogP contribution in [0.15, 0.2) is 12.7 Å². The van der Waals surface area contributed by atoms with E-state index in [1.54, 1.807) is 0 Å². The normalized spacial score (nSPS) is 8.22. The largest absolute Gasteiger partial charge is 0.460 e. The van der Waals surface area contributed by atoms with Crippen molar-refractivity contribution in [2.75, 3.05) is 13.2 Å². The number of hydrogen-bond acceptors (Lipinski definition) is 7. The lowest BCUT2D eigenvalue weighted by molar-refractivity contribution is -0.138. The fraction of sp³-hybridized carbons (Fsp3) is 0.688. The zero-order chi connectivity index (χ0) is 19.1. The molecule has 0 rings (SSSR count). The van der Waals surface area contributed by atoms with Gasteiger partial charge in [0.15, 0.2) is 0 Å². The molecule has 0 fully saturated rings. The molecule has 0 aliphatic rings. The maximum atomic E-state index is 10.1. The Labute approximate surface area is 138 Å². The van der Waals surface area contributed by atoms with Gasteiger partial charge in [0.2, 0.25) is 12.2 Å². The maximum Gasteiger partial charge on any atom is 0.330 e. The van der Waals surface area contributed by atoms with Crippen LogP contribution in [0.3, 0.4) is 0 Å². The highest BCUT2D eigenvalue weighted by Crippen LogP contribution is 2.21. The summed E-state index contributed by atoms with van der Waals surface area (Å²) in [6.45, 7) is 12.2. The van der Waals surface area contributed by atoms with Gasteiger partial charge in [-0.1, -0.05) is 53.5 Å². The van der Waals surface area contributed by atoms with Crippen molar-refractivity contribution >= 4 is 18.1 Å². The second kappa shape index (κ2) is 24.9. The summed E-state index contributed by atoms with van der Waals surface area (Å²) < 4.78 is 4.33. The number of aliphatic hydroxyl groups excluding tert-OH is 1. The Kier molecular flexibility index (Phi) is 31.4. The van der Waals surface area contributed by atoms with E-state index in [0.717, 1.165) is 18.2 Å². The van der Waals surface area contributed by atoms with Gasteiger partial charge in [-0.25, -0.2) is 25.2 Å². The Morgan fingerprint density at radius 2 is 1.65 bits per heavy atom. The van der Waals surface area contributed by atoms with E-state index in [-0.39, 0.29) is 13.2 Å². The summed E-state index contributed by atoms with van der Waals surface area (Å²) in [7, 11) is 0. The van der Waals surface area contributed by atoms with Crippen LogP contribution in [0, 0.1) is 16.2 Å². The Morgan fingerprint density at radius 1 is 1.22 bits per heavy atom. The Hall–Kier alpha value is -2.07. The monoisotopic (exact) mass is 330 g/mol. The highest BCUT2D eigenvalue weighted by atomic mass is 16.5. The van der Waals surface area contributed by atoms with Gasteiger partial charge < -0.3 is 9.84 Å². The predicted octanol–water partition coefficient (Wildman–Crippen LogP) is 3.12. The quantitative estimate of drug-likeness (QED) is 0.226. The molecule has 0 saturated heterocycles. The van der Waals surface area contributed by atoms with Gasteiger partial charge in [-0.3, -0.25) is 0 Å². The van der Waals surface area contributed by atoms with Crippen LogP contribution >= 0.6 is 0 Å². The molecule has 0 atom stereocenters. The summed E-state index contributed by atoms with van der Waals surface area (Å²) in [4.78, 5) is 26.8. The van der Waals surface area contributed by atoms with Crippen molar-refractivity contribution in [2.24, 2.45) is 5.41 Å². The summed E-state index contributed by atoms with van der Waals surface area (Å²) in [5, 5.41) is 18.9. The van der Waals surface area contributed by atoms with Crippen LogP contribution in [-0.2, 0) is 19.1 Å². The molecule has 0 unspecified atom stereocenters. The molecule has 0 spiro atoms. The summed E-state index contributed by atoms with van der Waals surface area (Å²) in [6, 6.07) is 0. The third kappa shape index (κ3) is 65.0. The van der Waals surface area contributed by atoms with Gasteiger partial charge in [-0.15, -0.1) is 0 Å². The van der Waals surface area contributed by atoms with Gasteiger partial charge in [0.05, 0.1) is 6.61 Å². The van der Waals surface area contributed by atoms with Crippen molar-refractivity contribution in [2.45, 2.75) is 53.4 Å². The molecule has 0 aromatic heterocycles. The van der Waals surface area contributed by atoms with E-state index in [2.05, 4.69) is 39.0 Å². The molecule has 0 heterocycles. The summed E-state index contributed by atoms with van der Waals surface area (Å²) >= 11 is 0. The van der Waals surface area contributed by atoms with E-state index < -0.39 is 5.97 Å². The van der Waals surface area contributed by atoms with Crippen molar-refractivity contribution in [3.63, 3.8) is 0 Å². The molecular weight excluding hydrogens is 300 g/mol. The molecule has 7 heteroatoms. The first kappa shape index (κ1) is 29.0. The zero-order valence-electron chi connectivity index (χ0n) is 14.6. The van der Waals surface area contributed by atoms with Gasteiger partial charge in [0.25, 0.3) is 0 Å². The summed E-state index contributed by atoms with van der Waals surface area (Å²) in [5.41, 5.74) is 0.551. The molecule has 0 aromatic carbocycles. The molecule has 3 N–H and O–H groups in total. The number of nitrogens with one attached hydrogen (secondary N) is 2. The smallest absolute Gasteiger partial charge is 0.330 e. The number of hydrogen-bond donors (Lipinski definition) is 3. The van der Waals surface area contributed by atoms with Crippen LogP contribution < -0.4 is 0 Å². The SMILES string of the molecule is C=CC(=O)OCCO.CCCCCC(C)(C)C.N=C=O.N=C=O. The molecule has 0 aromatic rings. The molecule has 23 heavy (non-hydrogen) atoms. The topological polar surface area (TPSA) is 128 Å². The Bertz CT molecular complexity index is 325. The second-order valence-electron chi connectivity index (χ2n) is 5.32. The van der Waals surface area contributed by atoms with Crippen molar-refractivity contribution in [3.8, 4) is 0 Å². The third-order valence-corrected chi connectivity index (χ3v) is 2.03. The van der Waals surface area contributed by atoms with Crippen LogP contribution in [0.5, 0.6) is 0 Å². The highest BCUT2D eigenvalue weighted by molar-refractivity contribution is 5.81. The number of carbonyl (C=O) groups excluding carboxylic acids is 3. The maximum absolute atomic E-state index is 10.1. The predicted molar refractivity (Wildman–Crippen MR) is 88.7 cm³/mol. The number of isocyanates is 2. The second-order valence-corrected chi connectivity index (χ2v) is 5.32. The molecule has 0 aliphatic carbocycles. The van der Waals surface area contributed by atoms with Crippen molar-refractivity contribution in [3.05, 3.63) is 12.7 Å². The van der Waals surface area contributed by atoms with Gasteiger partial charge in [0.1, 0.15) is 6.61 Å². The minimum Gasteiger partial charge on any atom is -0.460 e.